The summed E-state index contributed by atoms with van der Waals surface area (Å²) in [5.74, 6) is -1.15. The van der Waals surface area contributed by atoms with E-state index in [2.05, 4.69) is 0 Å². The Morgan fingerprint density at radius 1 is 1.24 bits per heavy atom. The zero-order valence-electron chi connectivity index (χ0n) is 11.7. The zero-order chi connectivity index (χ0) is 15.4. The number of carbonyl (C=O) groups excluding carboxylic acids is 1. The lowest BCUT2D eigenvalue weighted by Gasteiger charge is -2.16. The molecule has 3 nitrogen and oxygen atoms in total. The minimum atomic E-state index is -2.46. The Morgan fingerprint density at radius 2 is 1.90 bits per heavy atom. The Hall–Kier alpha value is -1.82. The SMILES string of the molecule is Cc1ccc(CN(C)C(=O)c2ccc(SC(F)F)cc2)o1. The summed E-state index contributed by atoms with van der Waals surface area (Å²) in [6.45, 7) is 2.20. The maximum Gasteiger partial charge on any atom is 0.288 e. The van der Waals surface area contributed by atoms with Crippen LogP contribution >= 0.6 is 11.8 Å². The first-order valence-electron chi connectivity index (χ1n) is 6.31. The number of halogens is 2. The van der Waals surface area contributed by atoms with Gasteiger partial charge in [-0.2, -0.15) is 8.78 Å². The molecular formula is C15H15F2NO2S. The van der Waals surface area contributed by atoms with Gasteiger partial charge in [-0.1, -0.05) is 11.8 Å². The van der Waals surface area contributed by atoms with Crippen LogP contribution in [0, 0.1) is 6.92 Å². The molecule has 0 fully saturated rings. The first-order chi connectivity index (χ1) is 9.95. The normalized spacial score (nSPS) is 10.9. The van der Waals surface area contributed by atoms with Gasteiger partial charge in [0.2, 0.25) is 0 Å². The van der Waals surface area contributed by atoms with Crippen molar-refractivity contribution in [3.05, 3.63) is 53.5 Å². The summed E-state index contributed by atoms with van der Waals surface area (Å²) in [5.41, 5.74) is 0.458. The van der Waals surface area contributed by atoms with Crippen molar-refractivity contribution >= 4 is 17.7 Å². The van der Waals surface area contributed by atoms with Crippen LogP contribution in [0.3, 0.4) is 0 Å². The van der Waals surface area contributed by atoms with E-state index in [4.69, 9.17) is 4.42 Å². The van der Waals surface area contributed by atoms with Crippen molar-refractivity contribution in [1.82, 2.24) is 4.90 Å². The maximum absolute atomic E-state index is 12.2. The monoisotopic (exact) mass is 311 g/mol. The topological polar surface area (TPSA) is 33.5 Å². The first kappa shape index (κ1) is 15.6. The molecule has 0 radical (unpaired) electrons. The van der Waals surface area contributed by atoms with Crippen molar-refractivity contribution in [1.29, 1.82) is 0 Å². The Labute approximate surface area is 125 Å². The molecule has 2 rings (SSSR count). The van der Waals surface area contributed by atoms with Crippen LogP contribution in [-0.2, 0) is 6.54 Å². The lowest BCUT2D eigenvalue weighted by molar-refractivity contribution is 0.0775. The third-order valence-electron chi connectivity index (χ3n) is 2.86. The summed E-state index contributed by atoms with van der Waals surface area (Å²) >= 11 is 0.459. The molecule has 1 aromatic heterocycles. The Kier molecular flexibility index (Phi) is 5.01. The van der Waals surface area contributed by atoms with Crippen LogP contribution in [0.25, 0.3) is 0 Å². The summed E-state index contributed by atoms with van der Waals surface area (Å²) in [4.78, 5) is 14.2. The van der Waals surface area contributed by atoms with Crippen molar-refractivity contribution in [2.75, 3.05) is 7.05 Å². The van der Waals surface area contributed by atoms with Crippen LogP contribution in [0.2, 0.25) is 0 Å². The van der Waals surface area contributed by atoms with Gasteiger partial charge in [-0.3, -0.25) is 4.79 Å². The number of hydrogen-bond donors (Lipinski definition) is 0. The van der Waals surface area contributed by atoms with Gasteiger partial charge in [0.25, 0.3) is 11.7 Å². The molecule has 0 aliphatic heterocycles. The smallest absolute Gasteiger partial charge is 0.288 e. The summed E-state index contributed by atoms with van der Waals surface area (Å²) in [6.07, 6.45) is 0. The Bertz CT molecular complexity index is 610. The highest BCUT2D eigenvalue weighted by Crippen LogP contribution is 2.25. The number of benzene rings is 1. The summed E-state index contributed by atoms with van der Waals surface area (Å²) in [7, 11) is 1.67. The third kappa shape index (κ3) is 4.32. The van der Waals surface area contributed by atoms with E-state index >= 15 is 0 Å². The standard InChI is InChI=1S/C15H15F2NO2S/c1-10-3-6-12(20-10)9-18(2)14(19)11-4-7-13(8-5-11)21-15(16)17/h3-8,15H,9H2,1-2H3. The molecule has 1 aromatic carbocycles. The number of thioether (sulfide) groups is 1. The molecule has 0 aliphatic rings. The van der Waals surface area contributed by atoms with E-state index in [0.29, 0.717) is 34.5 Å². The maximum atomic E-state index is 12.2. The molecule has 0 saturated carbocycles. The van der Waals surface area contributed by atoms with E-state index in [1.165, 1.54) is 17.0 Å². The number of aryl methyl sites for hydroxylation is 1. The molecule has 0 N–H and O–H groups in total. The Morgan fingerprint density at radius 3 is 2.43 bits per heavy atom. The van der Waals surface area contributed by atoms with Crippen LogP contribution in [0.4, 0.5) is 8.78 Å². The second kappa shape index (κ2) is 6.76. The van der Waals surface area contributed by atoms with Gasteiger partial charge in [-0.15, -0.1) is 0 Å². The largest absolute Gasteiger partial charge is 0.464 e. The molecule has 112 valence electrons. The van der Waals surface area contributed by atoms with Crippen LogP contribution in [0.5, 0.6) is 0 Å². The summed E-state index contributed by atoms with van der Waals surface area (Å²) in [6, 6.07) is 9.81. The minimum absolute atomic E-state index is 0.183. The fourth-order valence-electron chi connectivity index (χ4n) is 1.87. The van der Waals surface area contributed by atoms with Crippen LogP contribution in [-0.4, -0.2) is 23.6 Å². The zero-order valence-corrected chi connectivity index (χ0v) is 12.5. The van der Waals surface area contributed by atoms with E-state index < -0.39 is 5.76 Å². The van der Waals surface area contributed by atoms with E-state index in [0.717, 1.165) is 5.76 Å². The molecule has 0 spiro atoms. The number of furan rings is 1. The van der Waals surface area contributed by atoms with Crippen LogP contribution < -0.4 is 0 Å². The molecule has 0 aliphatic carbocycles. The van der Waals surface area contributed by atoms with E-state index in [1.807, 2.05) is 19.1 Å². The van der Waals surface area contributed by atoms with Crippen molar-refractivity contribution in [2.24, 2.45) is 0 Å². The highest BCUT2D eigenvalue weighted by molar-refractivity contribution is 7.99. The molecule has 1 heterocycles. The number of nitrogens with zero attached hydrogens (tertiary/aromatic N) is 1. The summed E-state index contributed by atoms with van der Waals surface area (Å²) in [5, 5.41) is 0. The van der Waals surface area contributed by atoms with Gasteiger partial charge < -0.3 is 9.32 Å². The first-order valence-corrected chi connectivity index (χ1v) is 7.19. The number of hydrogen-bond acceptors (Lipinski definition) is 3. The predicted octanol–water partition coefficient (Wildman–Crippen LogP) is 4.17. The van der Waals surface area contributed by atoms with E-state index in [9.17, 15) is 13.6 Å². The molecule has 2 aromatic rings. The van der Waals surface area contributed by atoms with Crippen molar-refractivity contribution < 1.29 is 18.0 Å². The molecule has 0 unspecified atom stereocenters. The fraction of sp³-hybridized carbons (Fsp3) is 0.267. The van der Waals surface area contributed by atoms with Gasteiger partial charge in [0, 0.05) is 17.5 Å². The van der Waals surface area contributed by atoms with Gasteiger partial charge in [-0.05, 0) is 43.3 Å². The molecule has 6 heteroatoms. The molecule has 0 saturated heterocycles. The lowest BCUT2D eigenvalue weighted by Crippen LogP contribution is -2.25. The van der Waals surface area contributed by atoms with Gasteiger partial charge in [-0.25, -0.2) is 0 Å². The van der Waals surface area contributed by atoms with Gasteiger partial charge in [0.1, 0.15) is 11.5 Å². The summed E-state index contributed by atoms with van der Waals surface area (Å²) < 4.78 is 29.9. The van der Waals surface area contributed by atoms with Crippen molar-refractivity contribution in [3.8, 4) is 0 Å². The average molecular weight is 311 g/mol. The van der Waals surface area contributed by atoms with Crippen molar-refractivity contribution in [2.45, 2.75) is 24.1 Å². The van der Waals surface area contributed by atoms with Gasteiger partial charge in [0.15, 0.2) is 0 Å². The molecule has 0 bridgehead atoms. The lowest BCUT2D eigenvalue weighted by atomic mass is 10.2. The average Bonchev–Trinajstić information content (AvgIpc) is 2.83. The quantitative estimate of drug-likeness (QED) is 0.777. The molecular weight excluding hydrogens is 296 g/mol. The van der Waals surface area contributed by atoms with Crippen molar-refractivity contribution in [3.63, 3.8) is 0 Å². The highest BCUT2D eigenvalue weighted by Gasteiger charge is 2.14. The van der Waals surface area contributed by atoms with Gasteiger partial charge in [0.05, 0.1) is 6.54 Å². The number of carbonyl (C=O) groups is 1. The van der Waals surface area contributed by atoms with E-state index in [-0.39, 0.29) is 5.91 Å². The van der Waals surface area contributed by atoms with Crippen LogP contribution in [0.1, 0.15) is 21.9 Å². The minimum Gasteiger partial charge on any atom is -0.464 e. The van der Waals surface area contributed by atoms with Gasteiger partial charge >= 0.3 is 0 Å². The molecule has 1 amide bonds. The highest BCUT2D eigenvalue weighted by atomic mass is 32.2. The predicted molar refractivity (Wildman–Crippen MR) is 77.5 cm³/mol. The number of amides is 1. The Balaban J connectivity index is 2.01. The molecule has 21 heavy (non-hydrogen) atoms. The number of alkyl halides is 2. The van der Waals surface area contributed by atoms with E-state index in [1.54, 1.807) is 19.2 Å². The fourth-order valence-corrected chi connectivity index (χ4v) is 2.37. The second-order valence-corrected chi connectivity index (χ2v) is 5.64. The number of rotatable bonds is 5. The third-order valence-corrected chi connectivity index (χ3v) is 3.58. The van der Waals surface area contributed by atoms with Crippen LogP contribution in [0.15, 0.2) is 45.7 Å². The molecule has 0 atom stereocenters. The second-order valence-electron chi connectivity index (χ2n) is 4.58.